The summed E-state index contributed by atoms with van der Waals surface area (Å²) in [6.07, 6.45) is 2.35. The highest BCUT2D eigenvalue weighted by molar-refractivity contribution is 5.76. The van der Waals surface area contributed by atoms with Crippen molar-refractivity contribution in [2.24, 2.45) is 5.73 Å². The predicted molar refractivity (Wildman–Crippen MR) is 82.3 cm³/mol. The van der Waals surface area contributed by atoms with Crippen LogP contribution in [0, 0.1) is 0 Å². The number of carbonyl (C=O) groups is 1. The molecule has 0 aliphatic heterocycles. The molecule has 0 saturated heterocycles. The van der Waals surface area contributed by atoms with Crippen LogP contribution in [-0.2, 0) is 4.74 Å². The van der Waals surface area contributed by atoms with E-state index in [-0.39, 0.29) is 0 Å². The van der Waals surface area contributed by atoms with E-state index in [0.717, 1.165) is 11.1 Å². The number of nitrogens with two attached hydrogens (primary N) is 2. The Labute approximate surface area is 123 Å². The fourth-order valence-electron chi connectivity index (χ4n) is 2.07. The third-order valence-corrected chi connectivity index (χ3v) is 3.02. The van der Waals surface area contributed by atoms with Gasteiger partial charge < -0.3 is 16.2 Å². The highest BCUT2D eigenvalue weighted by Crippen LogP contribution is 2.28. The monoisotopic (exact) mass is 283 g/mol. The summed E-state index contributed by atoms with van der Waals surface area (Å²) < 4.78 is 5.07. The van der Waals surface area contributed by atoms with E-state index >= 15 is 0 Å². The van der Waals surface area contributed by atoms with Crippen LogP contribution in [0.2, 0.25) is 0 Å². The first-order chi connectivity index (χ1) is 10.1. The van der Waals surface area contributed by atoms with E-state index in [0.29, 0.717) is 17.8 Å². The summed E-state index contributed by atoms with van der Waals surface area (Å²) in [5.74, 6) is 0. The Balaban J connectivity index is 2.38. The molecule has 5 nitrogen and oxygen atoms in total. The van der Waals surface area contributed by atoms with Gasteiger partial charge in [-0.3, -0.25) is 4.98 Å². The number of para-hydroxylation sites is 1. The van der Waals surface area contributed by atoms with E-state index < -0.39 is 12.2 Å². The number of anilines is 1. The third-order valence-electron chi connectivity index (χ3n) is 3.02. The van der Waals surface area contributed by atoms with Crippen molar-refractivity contribution < 1.29 is 9.53 Å². The average molecular weight is 283 g/mol. The standard InChI is InChI=1S/C16H17N3O2/c1-2-5-15(21-16(18)20)14-10-11(8-9-19-14)12-6-3-4-7-13(12)17/h2-4,6-10,15H,1,5,17H2,(H2,18,20)/t15-/m0/s1. The molecule has 0 fully saturated rings. The Morgan fingerprint density at radius 3 is 2.81 bits per heavy atom. The number of hydrogen-bond acceptors (Lipinski definition) is 4. The SMILES string of the molecule is C=CC[C@H](OC(N)=O)c1cc(-c2ccccc2N)ccn1. The molecule has 5 heteroatoms. The Hall–Kier alpha value is -2.82. The molecule has 1 aromatic heterocycles. The van der Waals surface area contributed by atoms with Crippen molar-refractivity contribution in [3.63, 3.8) is 0 Å². The maximum atomic E-state index is 11.0. The first-order valence-electron chi connectivity index (χ1n) is 6.49. The van der Waals surface area contributed by atoms with Gasteiger partial charge in [-0.1, -0.05) is 24.3 Å². The summed E-state index contributed by atoms with van der Waals surface area (Å²) in [6, 6.07) is 11.2. The number of nitrogen functional groups attached to an aromatic ring is 1. The van der Waals surface area contributed by atoms with Gasteiger partial charge in [-0.2, -0.15) is 0 Å². The van der Waals surface area contributed by atoms with Gasteiger partial charge >= 0.3 is 6.09 Å². The Morgan fingerprint density at radius 1 is 1.38 bits per heavy atom. The maximum absolute atomic E-state index is 11.0. The molecule has 1 atom stereocenters. The zero-order valence-electron chi connectivity index (χ0n) is 11.5. The van der Waals surface area contributed by atoms with E-state index in [2.05, 4.69) is 11.6 Å². The number of pyridine rings is 1. The van der Waals surface area contributed by atoms with Gasteiger partial charge in [0.15, 0.2) is 0 Å². The van der Waals surface area contributed by atoms with Crippen LogP contribution in [0.3, 0.4) is 0 Å². The van der Waals surface area contributed by atoms with Gasteiger partial charge in [-0.05, 0) is 23.8 Å². The summed E-state index contributed by atoms with van der Waals surface area (Å²) in [6.45, 7) is 3.65. The van der Waals surface area contributed by atoms with Crippen molar-refractivity contribution in [3.8, 4) is 11.1 Å². The topological polar surface area (TPSA) is 91.2 Å². The van der Waals surface area contributed by atoms with Gasteiger partial charge in [0.25, 0.3) is 0 Å². The molecule has 4 N–H and O–H groups in total. The van der Waals surface area contributed by atoms with E-state index in [1.54, 1.807) is 12.3 Å². The van der Waals surface area contributed by atoms with Gasteiger partial charge in [0, 0.05) is 23.9 Å². The van der Waals surface area contributed by atoms with Gasteiger partial charge in [-0.25, -0.2) is 4.79 Å². The fourth-order valence-corrected chi connectivity index (χ4v) is 2.07. The van der Waals surface area contributed by atoms with Gasteiger partial charge in [0.1, 0.15) is 6.10 Å². The molecule has 0 unspecified atom stereocenters. The molecular formula is C16H17N3O2. The van der Waals surface area contributed by atoms with Gasteiger partial charge in [0.2, 0.25) is 0 Å². The number of amides is 1. The van der Waals surface area contributed by atoms with Gasteiger partial charge in [0.05, 0.1) is 5.69 Å². The molecule has 21 heavy (non-hydrogen) atoms. The first-order valence-corrected chi connectivity index (χ1v) is 6.49. The second kappa shape index (κ2) is 6.56. The first kappa shape index (κ1) is 14.6. The van der Waals surface area contributed by atoms with Crippen molar-refractivity contribution in [1.29, 1.82) is 0 Å². The number of carbonyl (C=O) groups excluding carboxylic acids is 1. The van der Waals surface area contributed by atoms with E-state index in [4.69, 9.17) is 16.2 Å². The van der Waals surface area contributed by atoms with Crippen LogP contribution in [0.5, 0.6) is 0 Å². The molecule has 1 aromatic carbocycles. The second-order valence-electron chi connectivity index (χ2n) is 4.51. The van der Waals surface area contributed by atoms with Crippen LogP contribution in [0.25, 0.3) is 11.1 Å². The Kier molecular flexibility index (Phi) is 4.56. The minimum absolute atomic E-state index is 0.434. The van der Waals surface area contributed by atoms with Crippen molar-refractivity contribution in [2.45, 2.75) is 12.5 Å². The lowest BCUT2D eigenvalue weighted by molar-refractivity contribution is 0.106. The van der Waals surface area contributed by atoms with Crippen LogP contribution in [0.1, 0.15) is 18.2 Å². The number of ether oxygens (including phenoxy) is 1. The maximum Gasteiger partial charge on any atom is 0.405 e. The van der Waals surface area contributed by atoms with Crippen molar-refractivity contribution >= 4 is 11.8 Å². The number of rotatable bonds is 5. The smallest absolute Gasteiger partial charge is 0.405 e. The summed E-state index contributed by atoms with van der Waals surface area (Å²) in [4.78, 5) is 15.2. The van der Waals surface area contributed by atoms with Gasteiger partial charge in [-0.15, -0.1) is 6.58 Å². The molecule has 1 amide bonds. The second-order valence-corrected chi connectivity index (χ2v) is 4.51. The number of hydrogen-bond donors (Lipinski definition) is 2. The van der Waals surface area contributed by atoms with Crippen LogP contribution in [-0.4, -0.2) is 11.1 Å². The predicted octanol–water partition coefficient (Wildman–Crippen LogP) is 3.04. The van der Waals surface area contributed by atoms with Crippen molar-refractivity contribution in [1.82, 2.24) is 4.98 Å². The average Bonchev–Trinajstić information content (AvgIpc) is 2.47. The normalized spacial score (nSPS) is 11.6. The Morgan fingerprint density at radius 2 is 2.14 bits per heavy atom. The lowest BCUT2D eigenvalue weighted by Crippen LogP contribution is -2.17. The van der Waals surface area contributed by atoms with Crippen molar-refractivity contribution in [2.75, 3.05) is 5.73 Å². The zero-order valence-corrected chi connectivity index (χ0v) is 11.5. The summed E-state index contributed by atoms with van der Waals surface area (Å²) in [5, 5.41) is 0. The molecular weight excluding hydrogens is 266 g/mol. The van der Waals surface area contributed by atoms with Crippen LogP contribution in [0.4, 0.5) is 10.5 Å². The summed E-state index contributed by atoms with van der Waals surface area (Å²) in [7, 11) is 0. The van der Waals surface area contributed by atoms with Crippen molar-refractivity contribution in [3.05, 3.63) is 60.9 Å². The number of aromatic nitrogens is 1. The lowest BCUT2D eigenvalue weighted by Gasteiger charge is -2.15. The third kappa shape index (κ3) is 3.60. The number of primary amides is 1. The number of benzene rings is 1. The molecule has 2 aromatic rings. The molecule has 0 bridgehead atoms. The molecule has 0 aliphatic carbocycles. The summed E-state index contributed by atoms with van der Waals surface area (Å²) >= 11 is 0. The molecule has 0 radical (unpaired) electrons. The van der Waals surface area contributed by atoms with Crippen LogP contribution < -0.4 is 11.5 Å². The fraction of sp³-hybridized carbons (Fsp3) is 0.125. The lowest BCUT2D eigenvalue weighted by atomic mass is 10.0. The summed E-state index contributed by atoms with van der Waals surface area (Å²) in [5.41, 5.74) is 14.1. The zero-order chi connectivity index (χ0) is 15.2. The van der Waals surface area contributed by atoms with Crippen LogP contribution in [0.15, 0.2) is 55.3 Å². The molecule has 0 saturated carbocycles. The molecule has 108 valence electrons. The molecule has 1 heterocycles. The molecule has 0 spiro atoms. The van der Waals surface area contributed by atoms with E-state index in [9.17, 15) is 4.79 Å². The minimum atomic E-state index is -0.840. The number of nitrogens with zero attached hydrogens (tertiary/aromatic N) is 1. The van der Waals surface area contributed by atoms with E-state index in [1.807, 2.05) is 36.4 Å². The quantitative estimate of drug-likeness (QED) is 0.651. The minimum Gasteiger partial charge on any atom is -0.440 e. The molecule has 0 aliphatic rings. The molecule has 2 rings (SSSR count). The highest BCUT2D eigenvalue weighted by Gasteiger charge is 2.16. The van der Waals surface area contributed by atoms with Crippen LogP contribution >= 0.6 is 0 Å². The highest BCUT2D eigenvalue weighted by atomic mass is 16.6. The largest absolute Gasteiger partial charge is 0.440 e. The van der Waals surface area contributed by atoms with E-state index in [1.165, 1.54) is 0 Å². The Bertz CT molecular complexity index is 655.